The summed E-state index contributed by atoms with van der Waals surface area (Å²) in [6.07, 6.45) is 10.1. The zero-order chi connectivity index (χ0) is 16.1. The van der Waals surface area contributed by atoms with E-state index in [1.165, 1.54) is 12.8 Å². The highest BCUT2D eigenvalue weighted by Gasteiger charge is 2.12. The molecule has 0 unspecified atom stereocenters. The summed E-state index contributed by atoms with van der Waals surface area (Å²) in [5.41, 5.74) is 1.14. The molecule has 0 bridgehead atoms. The van der Waals surface area contributed by atoms with Crippen LogP contribution >= 0.6 is 0 Å². The molecule has 23 heavy (non-hydrogen) atoms. The van der Waals surface area contributed by atoms with Gasteiger partial charge in [-0.3, -0.25) is 9.58 Å². The van der Waals surface area contributed by atoms with E-state index in [9.17, 15) is 4.79 Å². The summed E-state index contributed by atoms with van der Waals surface area (Å²) in [5.74, 6) is -0.161. The Morgan fingerprint density at radius 3 is 2.26 bits per heavy atom. The maximum Gasteiger partial charge on any atom is 0.335 e. The molecule has 2 heterocycles. The summed E-state index contributed by atoms with van der Waals surface area (Å²) in [7, 11) is 0. The molecule has 6 nitrogen and oxygen atoms in total. The lowest BCUT2D eigenvalue weighted by atomic mass is 10.1. The van der Waals surface area contributed by atoms with Gasteiger partial charge >= 0.3 is 5.97 Å². The van der Waals surface area contributed by atoms with E-state index in [4.69, 9.17) is 10.2 Å². The summed E-state index contributed by atoms with van der Waals surface area (Å²) < 4.78 is 1.86. The molecule has 1 aromatic heterocycles. The fraction of sp³-hybridized carbons (Fsp3) is 0.353. The zero-order valence-electron chi connectivity index (χ0n) is 12.9. The number of rotatable bonds is 3. The molecule has 120 valence electrons. The van der Waals surface area contributed by atoms with Crippen molar-refractivity contribution in [3.8, 4) is 0 Å². The fourth-order valence-electron chi connectivity index (χ4n) is 2.69. The van der Waals surface area contributed by atoms with Gasteiger partial charge in [0.05, 0.1) is 5.56 Å². The van der Waals surface area contributed by atoms with Gasteiger partial charge < -0.3 is 5.11 Å². The van der Waals surface area contributed by atoms with Crippen molar-refractivity contribution in [2.75, 3.05) is 13.1 Å². The molecule has 0 spiro atoms. The van der Waals surface area contributed by atoms with Gasteiger partial charge in [0.25, 0.3) is 0 Å². The normalized spacial score (nSPS) is 16.2. The minimum atomic E-state index is -0.926. The Morgan fingerprint density at radius 2 is 1.70 bits per heavy atom. The Kier molecular flexibility index (Phi) is 4.71. The first kappa shape index (κ1) is 15.3. The number of hydrogen-bond donors (Lipinski definition) is 1. The van der Waals surface area contributed by atoms with E-state index in [0.717, 1.165) is 37.3 Å². The zero-order valence-corrected chi connectivity index (χ0v) is 12.9. The highest BCUT2D eigenvalue weighted by Crippen LogP contribution is 2.13. The Bertz CT molecular complexity index is 669. The number of aromatic carboxylic acids is 1. The molecule has 0 saturated carbocycles. The van der Waals surface area contributed by atoms with E-state index in [-0.39, 0.29) is 5.56 Å². The van der Waals surface area contributed by atoms with Gasteiger partial charge in [-0.2, -0.15) is 5.10 Å². The summed E-state index contributed by atoms with van der Waals surface area (Å²) in [5, 5.41) is 15.9. The van der Waals surface area contributed by atoms with Gasteiger partial charge in [0.1, 0.15) is 6.33 Å². The van der Waals surface area contributed by atoms with Crippen molar-refractivity contribution in [1.82, 2.24) is 14.6 Å². The van der Waals surface area contributed by atoms with Crippen LogP contribution in [0.5, 0.6) is 0 Å². The van der Waals surface area contributed by atoms with Crippen molar-refractivity contribution < 1.29 is 9.90 Å². The van der Waals surface area contributed by atoms with Crippen LogP contribution in [-0.2, 0) is 0 Å². The average molecular weight is 312 g/mol. The number of imidazole rings is 1. The molecule has 1 aliphatic heterocycles. The van der Waals surface area contributed by atoms with Gasteiger partial charge in [-0.1, -0.05) is 25.0 Å². The van der Waals surface area contributed by atoms with E-state index < -0.39 is 5.97 Å². The van der Waals surface area contributed by atoms with Crippen molar-refractivity contribution in [1.29, 1.82) is 0 Å². The van der Waals surface area contributed by atoms with Crippen molar-refractivity contribution in [3.63, 3.8) is 0 Å². The van der Waals surface area contributed by atoms with E-state index in [2.05, 4.69) is 9.99 Å². The predicted molar refractivity (Wildman–Crippen MR) is 87.6 cm³/mol. The second-order valence-corrected chi connectivity index (χ2v) is 5.64. The standard InChI is InChI=1S/C17H20N4O2/c22-17(23)15-7-5-14(6-8-15)16(20-12-9-18-13-20)19-21-10-3-1-2-4-11-21/h5-9,12-13H,1-4,10-11H2,(H,22,23). The van der Waals surface area contributed by atoms with Crippen LogP contribution in [0.25, 0.3) is 0 Å². The number of carboxylic acid groups (broad SMARTS) is 1. The third-order valence-corrected chi connectivity index (χ3v) is 3.96. The van der Waals surface area contributed by atoms with Crippen molar-refractivity contribution in [2.24, 2.45) is 5.10 Å². The van der Waals surface area contributed by atoms with Gasteiger partial charge in [-0.25, -0.2) is 9.78 Å². The molecular formula is C17H20N4O2. The van der Waals surface area contributed by atoms with Crippen LogP contribution in [0.1, 0.15) is 41.6 Å². The Labute approximate surface area is 135 Å². The van der Waals surface area contributed by atoms with E-state index in [0.29, 0.717) is 0 Å². The number of hydrazone groups is 1. The highest BCUT2D eigenvalue weighted by molar-refractivity contribution is 6.01. The molecule has 0 radical (unpaired) electrons. The van der Waals surface area contributed by atoms with Crippen LogP contribution in [0, 0.1) is 0 Å². The largest absolute Gasteiger partial charge is 0.478 e. The van der Waals surface area contributed by atoms with Crippen LogP contribution in [0.15, 0.2) is 48.1 Å². The topological polar surface area (TPSA) is 70.7 Å². The smallest absolute Gasteiger partial charge is 0.335 e. The first-order valence-corrected chi connectivity index (χ1v) is 7.89. The number of hydrogen-bond acceptors (Lipinski definition) is 4. The molecule has 1 fully saturated rings. The van der Waals surface area contributed by atoms with Gasteiger partial charge in [-0.15, -0.1) is 0 Å². The van der Waals surface area contributed by atoms with Gasteiger partial charge in [0.15, 0.2) is 5.84 Å². The van der Waals surface area contributed by atoms with Crippen LogP contribution < -0.4 is 0 Å². The number of carbonyl (C=O) groups is 1. The maximum absolute atomic E-state index is 11.0. The average Bonchev–Trinajstić information content (AvgIpc) is 2.97. The second-order valence-electron chi connectivity index (χ2n) is 5.64. The van der Waals surface area contributed by atoms with E-state index >= 15 is 0 Å². The molecule has 0 aliphatic carbocycles. The number of nitrogens with zero attached hydrogens (tertiary/aromatic N) is 4. The molecule has 1 aromatic carbocycles. The van der Waals surface area contributed by atoms with Crippen molar-refractivity contribution in [2.45, 2.75) is 25.7 Å². The SMILES string of the molecule is O=C(O)c1ccc(C(=NN2CCCCCC2)n2ccnc2)cc1. The van der Waals surface area contributed by atoms with Crippen molar-refractivity contribution in [3.05, 3.63) is 54.1 Å². The minimum Gasteiger partial charge on any atom is -0.478 e. The lowest BCUT2D eigenvalue weighted by molar-refractivity contribution is 0.0697. The molecular weight excluding hydrogens is 292 g/mol. The van der Waals surface area contributed by atoms with Crippen LogP contribution in [0.4, 0.5) is 0 Å². The maximum atomic E-state index is 11.0. The first-order valence-electron chi connectivity index (χ1n) is 7.89. The number of aromatic nitrogens is 2. The quantitative estimate of drug-likeness (QED) is 0.698. The third kappa shape index (κ3) is 3.77. The first-order chi connectivity index (χ1) is 11.2. The summed E-state index contributed by atoms with van der Waals surface area (Å²) in [6.45, 7) is 1.90. The predicted octanol–water partition coefficient (Wildman–Crippen LogP) is 2.67. The number of benzene rings is 1. The molecule has 6 heteroatoms. The second kappa shape index (κ2) is 7.09. The van der Waals surface area contributed by atoms with E-state index in [1.54, 1.807) is 36.8 Å². The minimum absolute atomic E-state index is 0.272. The van der Waals surface area contributed by atoms with Crippen LogP contribution in [0.3, 0.4) is 0 Å². The van der Waals surface area contributed by atoms with E-state index in [1.807, 2.05) is 10.8 Å². The summed E-state index contributed by atoms with van der Waals surface area (Å²) in [6, 6.07) is 6.79. The van der Waals surface area contributed by atoms with Crippen LogP contribution in [-0.4, -0.2) is 44.6 Å². The molecule has 3 rings (SSSR count). The molecule has 1 saturated heterocycles. The Morgan fingerprint density at radius 1 is 1.04 bits per heavy atom. The third-order valence-electron chi connectivity index (χ3n) is 3.96. The fourth-order valence-corrected chi connectivity index (χ4v) is 2.69. The monoisotopic (exact) mass is 312 g/mol. The lowest BCUT2D eigenvalue weighted by Crippen LogP contribution is -2.24. The van der Waals surface area contributed by atoms with Gasteiger partial charge in [0, 0.05) is 31.0 Å². The van der Waals surface area contributed by atoms with Gasteiger partial charge in [0.2, 0.25) is 0 Å². The number of carboxylic acids is 1. The molecule has 1 aliphatic rings. The molecule has 0 atom stereocenters. The molecule has 1 N–H and O–H groups in total. The van der Waals surface area contributed by atoms with Crippen LogP contribution in [0.2, 0.25) is 0 Å². The highest BCUT2D eigenvalue weighted by atomic mass is 16.4. The molecule has 0 amide bonds. The Hall–Kier alpha value is -2.63. The summed E-state index contributed by atoms with van der Waals surface area (Å²) >= 11 is 0. The lowest BCUT2D eigenvalue weighted by Gasteiger charge is -2.19. The summed E-state index contributed by atoms with van der Waals surface area (Å²) in [4.78, 5) is 15.1. The van der Waals surface area contributed by atoms with Gasteiger partial charge in [-0.05, 0) is 25.0 Å². The molecule has 2 aromatic rings. The Balaban J connectivity index is 1.93. The van der Waals surface area contributed by atoms with Crippen molar-refractivity contribution >= 4 is 11.8 Å².